The minimum Gasteiger partial charge on any atom is -0.508 e. The first-order chi connectivity index (χ1) is 15.0. The van der Waals surface area contributed by atoms with Crippen molar-refractivity contribution in [2.45, 2.75) is 12.8 Å². The van der Waals surface area contributed by atoms with Crippen molar-refractivity contribution in [3.8, 4) is 17.2 Å². The summed E-state index contributed by atoms with van der Waals surface area (Å²) < 4.78 is 10.4. The molecule has 0 aliphatic carbocycles. The number of hydrazone groups is 1. The molecular formula is C24H22N2O5. The number of aromatic hydroxyl groups is 1. The minimum atomic E-state index is -0.471. The molecule has 0 bridgehead atoms. The Bertz CT molecular complexity index is 1060. The van der Waals surface area contributed by atoms with Crippen LogP contribution >= 0.6 is 0 Å². The first kappa shape index (κ1) is 21.6. The molecule has 2 N–H and O–H groups in total. The van der Waals surface area contributed by atoms with Gasteiger partial charge < -0.3 is 14.6 Å². The van der Waals surface area contributed by atoms with E-state index in [1.807, 2.05) is 6.07 Å². The van der Waals surface area contributed by atoms with E-state index in [0.717, 1.165) is 5.56 Å². The molecule has 31 heavy (non-hydrogen) atoms. The summed E-state index contributed by atoms with van der Waals surface area (Å²) in [5.74, 6) is 0.493. The molecule has 7 nitrogen and oxygen atoms in total. The Morgan fingerprint density at radius 2 is 1.65 bits per heavy atom. The normalized spacial score (nSPS) is 10.6. The van der Waals surface area contributed by atoms with Gasteiger partial charge in [-0.3, -0.25) is 4.79 Å². The predicted octanol–water partition coefficient (Wildman–Crippen LogP) is 3.70. The van der Waals surface area contributed by atoms with Crippen LogP contribution in [0.5, 0.6) is 17.2 Å². The number of aryl methyl sites for hydroxylation is 1. The van der Waals surface area contributed by atoms with E-state index in [9.17, 15) is 14.7 Å². The lowest BCUT2D eigenvalue weighted by molar-refractivity contribution is -0.121. The third kappa shape index (κ3) is 6.43. The van der Waals surface area contributed by atoms with Crippen molar-refractivity contribution in [1.82, 2.24) is 5.43 Å². The summed E-state index contributed by atoms with van der Waals surface area (Å²) in [7, 11) is 1.56. The van der Waals surface area contributed by atoms with E-state index >= 15 is 0 Å². The Labute approximate surface area is 179 Å². The number of hydrogen-bond donors (Lipinski definition) is 2. The van der Waals surface area contributed by atoms with Gasteiger partial charge in [-0.15, -0.1) is 0 Å². The molecule has 3 rings (SSSR count). The highest BCUT2D eigenvalue weighted by Crippen LogP contribution is 2.17. The maximum absolute atomic E-state index is 12.2. The molecule has 0 radical (unpaired) electrons. The van der Waals surface area contributed by atoms with E-state index in [-0.39, 0.29) is 18.1 Å². The van der Waals surface area contributed by atoms with Crippen LogP contribution in [0.2, 0.25) is 0 Å². The van der Waals surface area contributed by atoms with Crippen molar-refractivity contribution in [2.24, 2.45) is 5.10 Å². The lowest BCUT2D eigenvalue weighted by atomic mass is 10.1. The zero-order valence-corrected chi connectivity index (χ0v) is 16.9. The number of methoxy groups -OCH3 is 1. The van der Waals surface area contributed by atoms with Gasteiger partial charge in [0.1, 0.15) is 17.2 Å². The number of benzene rings is 3. The standard InChI is InChI=1S/C24H22N2O5/c1-30-20-13-8-19(9-14-20)24(29)31-21-11-6-17(7-12-21)16-25-26-23(28)15-10-18-4-2-3-5-22(18)27/h2-9,11-14,16,27H,10,15H2,1H3,(H,26,28). The fourth-order valence-corrected chi connectivity index (χ4v) is 2.72. The summed E-state index contributed by atoms with van der Waals surface area (Å²) in [5, 5.41) is 13.6. The number of nitrogens with zero attached hydrogens (tertiary/aromatic N) is 1. The number of hydrogen-bond acceptors (Lipinski definition) is 6. The minimum absolute atomic E-state index is 0.173. The summed E-state index contributed by atoms with van der Waals surface area (Å²) in [4.78, 5) is 24.1. The summed E-state index contributed by atoms with van der Waals surface area (Å²) >= 11 is 0. The highest BCUT2D eigenvalue weighted by atomic mass is 16.5. The summed E-state index contributed by atoms with van der Waals surface area (Å²) in [6.07, 6.45) is 2.12. The van der Waals surface area contributed by atoms with Crippen LogP contribution in [0.1, 0.15) is 27.9 Å². The molecule has 0 aliphatic heterocycles. The van der Waals surface area contributed by atoms with Crippen LogP contribution in [0, 0.1) is 0 Å². The molecule has 0 atom stereocenters. The number of esters is 1. The Morgan fingerprint density at radius 1 is 0.968 bits per heavy atom. The number of phenols is 1. The number of carbonyl (C=O) groups is 2. The Kier molecular flexibility index (Phi) is 7.37. The summed E-state index contributed by atoms with van der Waals surface area (Å²) in [6.45, 7) is 0. The van der Waals surface area contributed by atoms with Gasteiger partial charge >= 0.3 is 5.97 Å². The maximum atomic E-state index is 12.2. The zero-order valence-electron chi connectivity index (χ0n) is 16.9. The van der Waals surface area contributed by atoms with E-state index in [1.54, 1.807) is 73.8 Å². The first-order valence-corrected chi connectivity index (χ1v) is 9.60. The monoisotopic (exact) mass is 418 g/mol. The molecule has 3 aromatic carbocycles. The van der Waals surface area contributed by atoms with Gasteiger partial charge in [0, 0.05) is 6.42 Å². The molecule has 0 heterocycles. The van der Waals surface area contributed by atoms with Gasteiger partial charge in [0.25, 0.3) is 0 Å². The number of nitrogens with one attached hydrogen (secondary N) is 1. The van der Waals surface area contributed by atoms with Crippen molar-refractivity contribution in [3.63, 3.8) is 0 Å². The molecule has 0 saturated heterocycles. The van der Waals surface area contributed by atoms with Gasteiger partial charge in [0.05, 0.1) is 18.9 Å². The third-order valence-electron chi connectivity index (χ3n) is 4.43. The second-order valence-electron chi connectivity index (χ2n) is 6.61. The van der Waals surface area contributed by atoms with Gasteiger partial charge in [-0.25, -0.2) is 10.2 Å². The molecule has 7 heteroatoms. The fraction of sp³-hybridized carbons (Fsp3) is 0.125. The third-order valence-corrected chi connectivity index (χ3v) is 4.43. The van der Waals surface area contributed by atoms with Gasteiger partial charge in [-0.05, 0) is 72.1 Å². The van der Waals surface area contributed by atoms with Crippen LogP contribution in [0.4, 0.5) is 0 Å². The van der Waals surface area contributed by atoms with Gasteiger partial charge in [-0.2, -0.15) is 5.10 Å². The van der Waals surface area contributed by atoms with Crippen LogP contribution in [0.25, 0.3) is 0 Å². The Balaban J connectivity index is 1.47. The van der Waals surface area contributed by atoms with E-state index < -0.39 is 5.97 Å². The van der Waals surface area contributed by atoms with E-state index in [0.29, 0.717) is 29.0 Å². The molecule has 0 saturated carbocycles. The summed E-state index contributed by atoms with van der Waals surface area (Å²) in [5.41, 5.74) is 4.30. The van der Waals surface area contributed by atoms with Crippen LogP contribution in [-0.2, 0) is 11.2 Å². The molecular weight excluding hydrogens is 396 g/mol. The molecule has 0 aliphatic rings. The summed E-state index contributed by atoms with van der Waals surface area (Å²) in [6, 6.07) is 20.2. The quantitative estimate of drug-likeness (QED) is 0.252. The highest BCUT2D eigenvalue weighted by Gasteiger charge is 2.09. The van der Waals surface area contributed by atoms with Gasteiger partial charge in [0.15, 0.2) is 0 Å². The van der Waals surface area contributed by atoms with Gasteiger partial charge in [0.2, 0.25) is 5.91 Å². The van der Waals surface area contributed by atoms with E-state index in [4.69, 9.17) is 9.47 Å². The van der Waals surface area contributed by atoms with E-state index in [1.165, 1.54) is 6.21 Å². The zero-order chi connectivity index (χ0) is 22.1. The van der Waals surface area contributed by atoms with Crippen LogP contribution in [-0.4, -0.2) is 30.3 Å². The first-order valence-electron chi connectivity index (χ1n) is 9.60. The second kappa shape index (κ2) is 10.6. The number of phenolic OH excluding ortho intramolecular Hbond substituents is 1. The van der Waals surface area contributed by atoms with Crippen molar-refractivity contribution >= 4 is 18.1 Å². The number of carbonyl (C=O) groups excluding carboxylic acids is 2. The highest BCUT2D eigenvalue weighted by molar-refractivity contribution is 5.91. The predicted molar refractivity (Wildman–Crippen MR) is 117 cm³/mol. The van der Waals surface area contributed by atoms with Crippen molar-refractivity contribution < 1.29 is 24.2 Å². The number of amides is 1. The molecule has 0 unspecified atom stereocenters. The molecule has 158 valence electrons. The molecule has 0 fully saturated rings. The Hall–Kier alpha value is -4.13. The second-order valence-corrected chi connectivity index (χ2v) is 6.61. The number of rotatable bonds is 8. The van der Waals surface area contributed by atoms with Crippen molar-refractivity contribution in [3.05, 3.63) is 89.5 Å². The lowest BCUT2D eigenvalue weighted by Gasteiger charge is -2.05. The Morgan fingerprint density at radius 3 is 2.32 bits per heavy atom. The number of ether oxygens (including phenoxy) is 2. The number of para-hydroxylation sites is 1. The van der Waals surface area contributed by atoms with Crippen LogP contribution < -0.4 is 14.9 Å². The average Bonchev–Trinajstić information content (AvgIpc) is 2.79. The van der Waals surface area contributed by atoms with Crippen molar-refractivity contribution in [1.29, 1.82) is 0 Å². The van der Waals surface area contributed by atoms with Gasteiger partial charge in [-0.1, -0.05) is 18.2 Å². The molecule has 1 amide bonds. The molecule has 0 aromatic heterocycles. The SMILES string of the molecule is COc1ccc(C(=O)Oc2ccc(C=NNC(=O)CCc3ccccc3O)cc2)cc1. The van der Waals surface area contributed by atoms with Crippen molar-refractivity contribution in [2.75, 3.05) is 7.11 Å². The lowest BCUT2D eigenvalue weighted by Crippen LogP contribution is -2.17. The molecule has 0 spiro atoms. The van der Waals surface area contributed by atoms with Crippen LogP contribution in [0.15, 0.2) is 77.9 Å². The largest absolute Gasteiger partial charge is 0.508 e. The molecule has 3 aromatic rings. The van der Waals surface area contributed by atoms with Crippen LogP contribution in [0.3, 0.4) is 0 Å². The maximum Gasteiger partial charge on any atom is 0.343 e. The topological polar surface area (TPSA) is 97.2 Å². The fourth-order valence-electron chi connectivity index (χ4n) is 2.72. The average molecular weight is 418 g/mol. The smallest absolute Gasteiger partial charge is 0.343 e. The van der Waals surface area contributed by atoms with E-state index in [2.05, 4.69) is 10.5 Å².